The van der Waals surface area contributed by atoms with Gasteiger partial charge in [0.1, 0.15) is 0 Å². The normalized spacial score (nSPS) is 24.4. The molecule has 0 radical (unpaired) electrons. The van der Waals surface area contributed by atoms with E-state index < -0.39 is 0 Å². The van der Waals surface area contributed by atoms with E-state index in [1.54, 1.807) is 0 Å². The Morgan fingerprint density at radius 3 is 2.75 bits per heavy atom. The van der Waals surface area contributed by atoms with Gasteiger partial charge in [0.05, 0.1) is 6.61 Å². The van der Waals surface area contributed by atoms with Crippen molar-refractivity contribution in [3.05, 3.63) is 36.0 Å². The molecule has 1 atom stereocenters. The maximum absolute atomic E-state index is 9.18. The Bertz CT molecular complexity index is 307. The standard InChI is InChI=1S/C15H24O/c1-5-6-13(11-16)8-10-14-9-7-12(2)15(14,3)4/h5,7-8,14,16H,1,6,9-11H2,2-4H3/b13-8+/t14-/m1/s1. The Morgan fingerprint density at radius 1 is 1.62 bits per heavy atom. The zero-order valence-corrected chi connectivity index (χ0v) is 10.8. The highest BCUT2D eigenvalue weighted by molar-refractivity contribution is 5.19. The summed E-state index contributed by atoms with van der Waals surface area (Å²) in [5.41, 5.74) is 2.90. The smallest absolute Gasteiger partial charge is 0.0644 e. The van der Waals surface area contributed by atoms with Crippen molar-refractivity contribution in [2.75, 3.05) is 6.61 Å². The zero-order valence-electron chi connectivity index (χ0n) is 10.8. The van der Waals surface area contributed by atoms with E-state index in [9.17, 15) is 5.11 Å². The van der Waals surface area contributed by atoms with Crippen LogP contribution in [0.25, 0.3) is 0 Å². The van der Waals surface area contributed by atoms with Crippen LogP contribution < -0.4 is 0 Å². The quantitative estimate of drug-likeness (QED) is 0.697. The van der Waals surface area contributed by atoms with Crippen molar-refractivity contribution in [1.29, 1.82) is 0 Å². The second kappa shape index (κ2) is 5.49. The molecular formula is C15H24O. The molecule has 1 nitrogen and oxygen atoms in total. The summed E-state index contributed by atoms with van der Waals surface area (Å²) < 4.78 is 0. The highest BCUT2D eigenvalue weighted by Gasteiger charge is 2.33. The van der Waals surface area contributed by atoms with Crippen LogP contribution >= 0.6 is 0 Å². The van der Waals surface area contributed by atoms with E-state index >= 15 is 0 Å². The molecule has 1 aliphatic carbocycles. The molecule has 0 saturated heterocycles. The van der Waals surface area contributed by atoms with Gasteiger partial charge >= 0.3 is 0 Å². The van der Waals surface area contributed by atoms with Crippen molar-refractivity contribution in [2.45, 2.75) is 40.0 Å². The van der Waals surface area contributed by atoms with Crippen LogP contribution in [-0.2, 0) is 0 Å². The molecule has 1 aliphatic rings. The van der Waals surface area contributed by atoms with Gasteiger partial charge < -0.3 is 5.11 Å². The third kappa shape index (κ3) is 2.85. The maximum Gasteiger partial charge on any atom is 0.0644 e. The third-order valence-corrected chi connectivity index (χ3v) is 4.05. The number of aliphatic hydroxyl groups is 1. The number of rotatable bonds is 5. The molecule has 90 valence electrons. The minimum Gasteiger partial charge on any atom is -0.392 e. The summed E-state index contributed by atoms with van der Waals surface area (Å²) in [6, 6.07) is 0. The molecule has 1 N–H and O–H groups in total. The van der Waals surface area contributed by atoms with E-state index in [0.29, 0.717) is 11.3 Å². The molecule has 0 aliphatic heterocycles. The van der Waals surface area contributed by atoms with E-state index in [2.05, 4.69) is 39.5 Å². The second-order valence-electron chi connectivity index (χ2n) is 5.29. The van der Waals surface area contributed by atoms with E-state index in [1.165, 1.54) is 12.0 Å². The fraction of sp³-hybridized carbons (Fsp3) is 0.600. The molecule has 0 unspecified atom stereocenters. The molecule has 0 aromatic carbocycles. The van der Waals surface area contributed by atoms with Crippen LogP contribution in [-0.4, -0.2) is 11.7 Å². The van der Waals surface area contributed by atoms with Gasteiger partial charge in [0.15, 0.2) is 0 Å². The molecule has 0 aromatic rings. The molecular weight excluding hydrogens is 196 g/mol. The van der Waals surface area contributed by atoms with Crippen molar-refractivity contribution in [3.8, 4) is 0 Å². The average Bonchev–Trinajstić information content (AvgIpc) is 2.50. The van der Waals surface area contributed by atoms with Gasteiger partial charge in [-0.05, 0) is 43.1 Å². The van der Waals surface area contributed by atoms with Crippen LogP contribution in [0.5, 0.6) is 0 Å². The molecule has 0 bridgehead atoms. The fourth-order valence-electron chi connectivity index (χ4n) is 2.30. The SMILES string of the molecule is C=CC/C(=C\C[C@H]1CC=C(C)C1(C)C)CO. The minimum atomic E-state index is 0.158. The summed E-state index contributed by atoms with van der Waals surface area (Å²) >= 11 is 0. The van der Waals surface area contributed by atoms with Crippen LogP contribution in [0, 0.1) is 11.3 Å². The van der Waals surface area contributed by atoms with Crippen molar-refractivity contribution in [2.24, 2.45) is 11.3 Å². The van der Waals surface area contributed by atoms with Crippen LogP contribution in [0.3, 0.4) is 0 Å². The lowest BCUT2D eigenvalue weighted by Crippen LogP contribution is -2.19. The van der Waals surface area contributed by atoms with Gasteiger partial charge in [-0.3, -0.25) is 0 Å². The largest absolute Gasteiger partial charge is 0.392 e. The zero-order chi connectivity index (χ0) is 12.2. The highest BCUT2D eigenvalue weighted by Crippen LogP contribution is 2.44. The summed E-state index contributed by atoms with van der Waals surface area (Å²) in [5, 5.41) is 9.18. The van der Waals surface area contributed by atoms with Crippen molar-refractivity contribution in [1.82, 2.24) is 0 Å². The number of allylic oxidation sites excluding steroid dienone is 4. The molecule has 0 amide bonds. The van der Waals surface area contributed by atoms with Gasteiger partial charge in [-0.25, -0.2) is 0 Å². The Kier molecular flexibility index (Phi) is 4.55. The summed E-state index contributed by atoms with van der Waals surface area (Å²) in [4.78, 5) is 0. The van der Waals surface area contributed by atoms with Crippen molar-refractivity contribution in [3.63, 3.8) is 0 Å². The summed E-state index contributed by atoms with van der Waals surface area (Å²) in [6.07, 6.45) is 9.43. The van der Waals surface area contributed by atoms with Crippen LogP contribution in [0.1, 0.15) is 40.0 Å². The average molecular weight is 220 g/mol. The summed E-state index contributed by atoms with van der Waals surface area (Å²) in [6.45, 7) is 10.7. The van der Waals surface area contributed by atoms with Gasteiger partial charge in [-0.1, -0.05) is 37.6 Å². The Balaban J connectivity index is 2.60. The van der Waals surface area contributed by atoms with E-state index in [-0.39, 0.29) is 6.61 Å². The predicted molar refractivity (Wildman–Crippen MR) is 70.2 cm³/mol. The topological polar surface area (TPSA) is 20.2 Å². The summed E-state index contributed by atoms with van der Waals surface area (Å²) in [5.74, 6) is 0.680. The summed E-state index contributed by atoms with van der Waals surface area (Å²) in [7, 11) is 0. The molecule has 16 heavy (non-hydrogen) atoms. The van der Waals surface area contributed by atoms with Crippen LogP contribution in [0.4, 0.5) is 0 Å². The van der Waals surface area contributed by atoms with Gasteiger partial charge in [0, 0.05) is 0 Å². The third-order valence-electron chi connectivity index (χ3n) is 4.05. The Labute approximate surface area is 99.6 Å². The van der Waals surface area contributed by atoms with Crippen LogP contribution in [0.15, 0.2) is 36.0 Å². The Morgan fingerprint density at radius 2 is 2.31 bits per heavy atom. The lowest BCUT2D eigenvalue weighted by molar-refractivity contribution is 0.291. The first-order chi connectivity index (χ1) is 7.52. The lowest BCUT2D eigenvalue weighted by atomic mass is 9.76. The van der Waals surface area contributed by atoms with E-state index in [1.807, 2.05) is 6.08 Å². The molecule has 1 heteroatoms. The monoisotopic (exact) mass is 220 g/mol. The molecule has 0 spiro atoms. The first-order valence-corrected chi connectivity index (χ1v) is 6.09. The number of aliphatic hydroxyl groups excluding tert-OH is 1. The first-order valence-electron chi connectivity index (χ1n) is 6.09. The van der Waals surface area contributed by atoms with Gasteiger partial charge in [0.2, 0.25) is 0 Å². The number of hydrogen-bond acceptors (Lipinski definition) is 1. The molecule has 0 fully saturated rings. The predicted octanol–water partition coefficient (Wildman–Crippen LogP) is 3.86. The molecule has 1 rings (SSSR count). The fourth-order valence-corrected chi connectivity index (χ4v) is 2.30. The van der Waals surface area contributed by atoms with Gasteiger partial charge in [-0.2, -0.15) is 0 Å². The first kappa shape index (κ1) is 13.2. The lowest BCUT2D eigenvalue weighted by Gasteiger charge is -2.29. The van der Waals surface area contributed by atoms with Gasteiger partial charge in [-0.15, -0.1) is 6.58 Å². The van der Waals surface area contributed by atoms with E-state index in [4.69, 9.17) is 0 Å². The number of hydrogen-bond donors (Lipinski definition) is 1. The second-order valence-corrected chi connectivity index (χ2v) is 5.29. The minimum absolute atomic E-state index is 0.158. The molecule has 0 aromatic heterocycles. The van der Waals surface area contributed by atoms with Crippen LogP contribution in [0.2, 0.25) is 0 Å². The van der Waals surface area contributed by atoms with Crippen molar-refractivity contribution < 1.29 is 5.11 Å². The molecule has 0 saturated carbocycles. The van der Waals surface area contributed by atoms with Gasteiger partial charge in [0.25, 0.3) is 0 Å². The highest BCUT2D eigenvalue weighted by atomic mass is 16.3. The van der Waals surface area contributed by atoms with Crippen molar-refractivity contribution >= 4 is 0 Å². The molecule has 0 heterocycles. The maximum atomic E-state index is 9.18. The van der Waals surface area contributed by atoms with E-state index in [0.717, 1.165) is 18.4 Å². The Hall–Kier alpha value is -0.820.